The van der Waals surface area contributed by atoms with Crippen molar-refractivity contribution in [2.45, 2.75) is 6.92 Å². The number of carbonyl (C=O) groups excluding carboxylic acids is 2. The molecule has 1 aliphatic rings. The van der Waals surface area contributed by atoms with Gasteiger partial charge in [0.1, 0.15) is 5.82 Å². The van der Waals surface area contributed by atoms with Gasteiger partial charge in [-0.1, -0.05) is 0 Å². The summed E-state index contributed by atoms with van der Waals surface area (Å²) in [6.45, 7) is 4.01. The topological polar surface area (TPSA) is 106 Å². The number of primary amides is 1. The van der Waals surface area contributed by atoms with Gasteiger partial charge in [-0.2, -0.15) is 0 Å². The van der Waals surface area contributed by atoms with Crippen molar-refractivity contribution in [2.75, 3.05) is 36.8 Å². The zero-order chi connectivity index (χ0) is 14.0. The summed E-state index contributed by atoms with van der Waals surface area (Å²) in [6, 6.07) is 1.53. The monoisotopic (exact) mass is 263 g/mol. The number of carbonyl (C=O) groups is 2. The van der Waals surface area contributed by atoms with E-state index in [9.17, 15) is 9.59 Å². The number of piperazine rings is 1. The van der Waals surface area contributed by atoms with Crippen molar-refractivity contribution in [3.05, 3.63) is 17.8 Å². The van der Waals surface area contributed by atoms with Gasteiger partial charge in [0.05, 0.1) is 17.4 Å². The average molecular weight is 263 g/mol. The highest BCUT2D eigenvalue weighted by Crippen LogP contribution is 2.21. The van der Waals surface area contributed by atoms with Crippen molar-refractivity contribution < 1.29 is 9.59 Å². The Bertz CT molecular complexity index is 509. The zero-order valence-electron chi connectivity index (χ0n) is 10.8. The Morgan fingerprint density at radius 1 is 1.26 bits per heavy atom. The van der Waals surface area contributed by atoms with E-state index in [1.54, 1.807) is 11.8 Å². The molecule has 7 nitrogen and oxygen atoms in total. The predicted molar refractivity (Wildman–Crippen MR) is 71.6 cm³/mol. The molecule has 0 aromatic carbocycles. The summed E-state index contributed by atoms with van der Waals surface area (Å²) in [6.07, 6.45) is 1.50. The van der Waals surface area contributed by atoms with E-state index >= 15 is 0 Å². The fourth-order valence-corrected chi connectivity index (χ4v) is 2.14. The Morgan fingerprint density at radius 2 is 1.89 bits per heavy atom. The smallest absolute Gasteiger partial charge is 0.252 e. The molecule has 0 aliphatic carbocycles. The van der Waals surface area contributed by atoms with Crippen molar-refractivity contribution in [3.63, 3.8) is 0 Å². The second-order valence-corrected chi connectivity index (χ2v) is 4.50. The molecule has 4 N–H and O–H groups in total. The number of nitrogens with zero attached hydrogens (tertiary/aromatic N) is 3. The summed E-state index contributed by atoms with van der Waals surface area (Å²) in [5.41, 5.74) is 11.7. The molecule has 1 aromatic rings. The van der Waals surface area contributed by atoms with Gasteiger partial charge in [-0.15, -0.1) is 0 Å². The van der Waals surface area contributed by atoms with Crippen molar-refractivity contribution in [1.29, 1.82) is 0 Å². The van der Waals surface area contributed by atoms with Crippen LogP contribution in [0, 0.1) is 0 Å². The number of nitrogens with two attached hydrogens (primary N) is 2. The van der Waals surface area contributed by atoms with Crippen molar-refractivity contribution in [1.82, 2.24) is 9.88 Å². The van der Waals surface area contributed by atoms with Gasteiger partial charge in [-0.3, -0.25) is 9.59 Å². The van der Waals surface area contributed by atoms with Crippen LogP contribution >= 0.6 is 0 Å². The first-order valence-corrected chi connectivity index (χ1v) is 6.05. The maximum Gasteiger partial charge on any atom is 0.252 e. The molecule has 0 radical (unpaired) electrons. The number of amides is 2. The van der Waals surface area contributed by atoms with Crippen LogP contribution in [0.3, 0.4) is 0 Å². The maximum absolute atomic E-state index is 11.4. The molecule has 0 atom stereocenters. The molecule has 1 fully saturated rings. The van der Waals surface area contributed by atoms with Crippen LogP contribution in [-0.2, 0) is 4.79 Å². The van der Waals surface area contributed by atoms with Crippen molar-refractivity contribution in [2.24, 2.45) is 5.73 Å². The number of rotatable bonds is 2. The lowest BCUT2D eigenvalue weighted by molar-refractivity contribution is -0.129. The molecule has 2 rings (SSSR count). The maximum atomic E-state index is 11.4. The molecule has 2 amide bonds. The highest BCUT2D eigenvalue weighted by atomic mass is 16.2. The average Bonchev–Trinajstić information content (AvgIpc) is 2.38. The van der Waals surface area contributed by atoms with Crippen molar-refractivity contribution in [3.8, 4) is 0 Å². The van der Waals surface area contributed by atoms with E-state index in [0.29, 0.717) is 43.2 Å². The van der Waals surface area contributed by atoms with Crippen LogP contribution in [0.4, 0.5) is 11.5 Å². The van der Waals surface area contributed by atoms with Crippen molar-refractivity contribution >= 4 is 23.3 Å². The first-order valence-electron chi connectivity index (χ1n) is 6.05. The number of hydrogen-bond acceptors (Lipinski definition) is 5. The predicted octanol–water partition coefficient (Wildman–Crippen LogP) is -0.569. The Hall–Kier alpha value is -2.31. The summed E-state index contributed by atoms with van der Waals surface area (Å²) >= 11 is 0. The summed E-state index contributed by atoms with van der Waals surface area (Å²) < 4.78 is 0. The molecular formula is C12H17N5O2. The molecule has 0 spiro atoms. The van der Waals surface area contributed by atoms with Gasteiger partial charge >= 0.3 is 0 Å². The second kappa shape index (κ2) is 5.13. The van der Waals surface area contributed by atoms with E-state index in [1.165, 1.54) is 12.3 Å². The number of pyridine rings is 1. The third-order valence-corrected chi connectivity index (χ3v) is 3.18. The minimum absolute atomic E-state index is 0.0556. The summed E-state index contributed by atoms with van der Waals surface area (Å²) in [4.78, 5) is 30.6. The Labute approximate surface area is 111 Å². The van der Waals surface area contributed by atoms with E-state index in [-0.39, 0.29) is 5.91 Å². The van der Waals surface area contributed by atoms with Gasteiger partial charge < -0.3 is 21.3 Å². The molecule has 0 bridgehead atoms. The molecular weight excluding hydrogens is 246 g/mol. The molecule has 1 aliphatic heterocycles. The summed E-state index contributed by atoms with van der Waals surface area (Å²) in [5, 5.41) is 0. The fraction of sp³-hybridized carbons (Fsp3) is 0.417. The zero-order valence-corrected chi connectivity index (χ0v) is 10.8. The molecule has 1 aromatic heterocycles. The van der Waals surface area contributed by atoms with E-state index in [2.05, 4.69) is 4.98 Å². The number of hydrogen-bond donors (Lipinski definition) is 2. The Kier molecular flexibility index (Phi) is 3.55. The molecule has 0 unspecified atom stereocenters. The van der Waals surface area contributed by atoms with Gasteiger partial charge in [-0.05, 0) is 6.07 Å². The molecule has 7 heteroatoms. The Morgan fingerprint density at radius 3 is 2.42 bits per heavy atom. The first kappa shape index (κ1) is 13.1. The molecule has 1 saturated heterocycles. The standard InChI is InChI=1S/C12H17N5O2/c1-8(18)16-2-4-17(5-3-16)12-10(11(14)19)6-9(13)7-15-12/h6-7H,2-5,13H2,1H3,(H2,14,19). The van der Waals surface area contributed by atoms with E-state index in [1.807, 2.05) is 4.90 Å². The lowest BCUT2D eigenvalue weighted by Gasteiger charge is -2.35. The SMILES string of the molecule is CC(=O)N1CCN(c2ncc(N)cc2C(N)=O)CC1. The van der Waals surface area contributed by atoms with Gasteiger partial charge in [0.25, 0.3) is 5.91 Å². The first-order chi connectivity index (χ1) is 8.99. The highest BCUT2D eigenvalue weighted by molar-refractivity contribution is 5.98. The van der Waals surface area contributed by atoms with Gasteiger partial charge in [0.2, 0.25) is 5.91 Å². The van der Waals surface area contributed by atoms with Crippen LogP contribution in [0.1, 0.15) is 17.3 Å². The Balaban J connectivity index is 2.20. The third-order valence-electron chi connectivity index (χ3n) is 3.18. The molecule has 0 saturated carbocycles. The normalized spacial score (nSPS) is 15.4. The van der Waals surface area contributed by atoms with Gasteiger partial charge in [-0.25, -0.2) is 4.98 Å². The highest BCUT2D eigenvalue weighted by Gasteiger charge is 2.23. The quantitative estimate of drug-likeness (QED) is 0.743. The van der Waals surface area contributed by atoms with Crippen LogP contribution in [0.5, 0.6) is 0 Å². The lowest BCUT2D eigenvalue weighted by atomic mass is 10.2. The minimum atomic E-state index is -0.552. The minimum Gasteiger partial charge on any atom is -0.397 e. The number of anilines is 2. The van der Waals surface area contributed by atoms with Crippen LogP contribution < -0.4 is 16.4 Å². The summed E-state index contributed by atoms with van der Waals surface area (Å²) in [7, 11) is 0. The van der Waals surface area contributed by atoms with E-state index in [4.69, 9.17) is 11.5 Å². The second-order valence-electron chi connectivity index (χ2n) is 4.50. The lowest BCUT2D eigenvalue weighted by Crippen LogP contribution is -2.48. The fourth-order valence-electron chi connectivity index (χ4n) is 2.14. The number of nitrogen functional groups attached to an aromatic ring is 1. The molecule has 2 heterocycles. The third kappa shape index (κ3) is 2.75. The van der Waals surface area contributed by atoms with E-state index < -0.39 is 5.91 Å². The number of aromatic nitrogens is 1. The van der Waals surface area contributed by atoms with Gasteiger partial charge in [0, 0.05) is 33.1 Å². The molecule has 102 valence electrons. The van der Waals surface area contributed by atoms with Crippen LogP contribution in [-0.4, -0.2) is 47.9 Å². The van der Waals surface area contributed by atoms with Crippen LogP contribution in [0.2, 0.25) is 0 Å². The largest absolute Gasteiger partial charge is 0.397 e. The summed E-state index contributed by atoms with van der Waals surface area (Å²) in [5.74, 6) is 0.0359. The van der Waals surface area contributed by atoms with Gasteiger partial charge in [0.15, 0.2) is 0 Å². The molecule has 19 heavy (non-hydrogen) atoms. The van der Waals surface area contributed by atoms with Crippen LogP contribution in [0.25, 0.3) is 0 Å². The van der Waals surface area contributed by atoms with E-state index in [0.717, 1.165) is 0 Å². The van der Waals surface area contributed by atoms with Crippen LogP contribution in [0.15, 0.2) is 12.3 Å².